The number of ether oxygens (including phenoxy) is 1. The zero-order valence-corrected chi connectivity index (χ0v) is 20.5. The maximum atomic E-state index is 12.4. The van der Waals surface area contributed by atoms with Gasteiger partial charge in [-0.2, -0.15) is 0 Å². The van der Waals surface area contributed by atoms with E-state index in [1.807, 2.05) is 36.4 Å². The summed E-state index contributed by atoms with van der Waals surface area (Å²) in [6.45, 7) is 3.46. The quantitative estimate of drug-likeness (QED) is 0.353. The van der Waals surface area contributed by atoms with Crippen LogP contribution >= 0.6 is 23.2 Å². The van der Waals surface area contributed by atoms with Gasteiger partial charge in [-0.15, -0.1) is 0 Å². The van der Waals surface area contributed by atoms with E-state index in [9.17, 15) is 4.79 Å². The van der Waals surface area contributed by atoms with E-state index in [4.69, 9.17) is 32.9 Å². The van der Waals surface area contributed by atoms with Gasteiger partial charge in [-0.25, -0.2) is 4.98 Å². The Kier molecular flexibility index (Phi) is 6.93. The van der Waals surface area contributed by atoms with Crippen LogP contribution in [0, 0.1) is 0 Å². The molecule has 1 N–H and O–H groups in total. The van der Waals surface area contributed by atoms with Crippen LogP contribution in [-0.4, -0.2) is 43.7 Å². The van der Waals surface area contributed by atoms with Crippen LogP contribution in [0.2, 0.25) is 10.0 Å². The summed E-state index contributed by atoms with van der Waals surface area (Å²) in [4.78, 5) is 22.0. The Labute approximate surface area is 214 Å². The molecule has 1 saturated heterocycles. The molecular weight excluding hydrogens is 483 g/mol. The first-order valence-electron chi connectivity index (χ1n) is 11.4. The Morgan fingerprint density at radius 1 is 0.857 bits per heavy atom. The van der Waals surface area contributed by atoms with Crippen LogP contribution in [-0.2, 0) is 4.79 Å². The highest BCUT2D eigenvalue weighted by Gasteiger charge is 2.19. The first-order valence-corrected chi connectivity index (χ1v) is 12.1. The van der Waals surface area contributed by atoms with Gasteiger partial charge in [-0.1, -0.05) is 53.5 Å². The lowest BCUT2D eigenvalue weighted by atomic mass is 10.2. The summed E-state index contributed by atoms with van der Waals surface area (Å²) in [5.74, 6) is 1.17. The summed E-state index contributed by atoms with van der Waals surface area (Å²) >= 11 is 12.0. The van der Waals surface area contributed by atoms with E-state index < -0.39 is 0 Å². The predicted molar refractivity (Wildman–Crippen MR) is 143 cm³/mol. The number of nitrogens with one attached hydrogen (secondary N) is 1. The molecule has 1 aliphatic rings. The largest absolute Gasteiger partial charge is 0.481 e. The van der Waals surface area contributed by atoms with Crippen LogP contribution in [0.5, 0.6) is 5.75 Å². The Balaban J connectivity index is 1.26. The highest BCUT2D eigenvalue weighted by atomic mass is 35.5. The van der Waals surface area contributed by atoms with Crippen molar-refractivity contribution in [2.24, 2.45) is 0 Å². The topological polar surface area (TPSA) is 57.7 Å². The molecule has 0 atom stereocenters. The van der Waals surface area contributed by atoms with Crippen LogP contribution in [0.4, 0.5) is 17.2 Å². The molecule has 1 aromatic heterocycles. The number of pyridine rings is 1. The molecule has 0 bridgehead atoms. The highest BCUT2D eigenvalue weighted by Crippen LogP contribution is 2.28. The van der Waals surface area contributed by atoms with Gasteiger partial charge < -0.3 is 19.9 Å². The number of fused-ring (bicyclic) bond motifs is 1. The zero-order chi connectivity index (χ0) is 24.2. The van der Waals surface area contributed by atoms with Gasteiger partial charge in [-0.05, 0) is 48.5 Å². The van der Waals surface area contributed by atoms with Crippen LogP contribution in [0.1, 0.15) is 0 Å². The number of rotatable bonds is 6. The Hall–Kier alpha value is -3.48. The van der Waals surface area contributed by atoms with Crippen molar-refractivity contribution in [2.75, 3.05) is 47.9 Å². The number of piperazine rings is 1. The lowest BCUT2D eigenvalue weighted by molar-refractivity contribution is -0.118. The van der Waals surface area contributed by atoms with Gasteiger partial charge >= 0.3 is 0 Å². The van der Waals surface area contributed by atoms with Gasteiger partial charge in [0.05, 0.1) is 10.0 Å². The van der Waals surface area contributed by atoms with Crippen molar-refractivity contribution >= 4 is 57.2 Å². The molecule has 2 heterocycles. The van der Waals surface area contributed by atoms with Gasteiger partial charge in [0, 0.05) is 42.9 Å². The first kappa shape index (κ1) is 23.3. The van der Waals surface area contributed by atoms with Gasteiger partial charge in [0.2, 0.25) is 0 Å². The van der Waals surface area contributed by atoms with E-state index >= 15 is 0 Å². The molecule has 0 saturated carbocycles. The van der Waals surface area contributed by atoms with Crippen molar-refractivity contribution in [3.05, 3.63) is 88.9 Å². The number of para-hydroxylation sites is 2. The van der Waals surface area contributed by atoms with Crippen LogP contribution in [0.15, 0.2) is 78.9 Å². The maximum absolute atomic E-state index is 12.4. The van der Waals surface area contributed by atoms with Gasteiger partial charge in [0.1, 0.15) is 17.1 Å². The summed E-state index contributed by atoms with van der Waals surface area (Å²) in [7, 11) is 0. The molecule has 0 spiro atoms. The van der Waals surface area contributed by atoms with Gasteiger partial charge in [0.25, 0.3) is 5.91 Å². The number of amides is 1. The molecule has 35 heavy (non-hydrogen) atoms. The van der Waals surface area contributed by atoms with E-state index in [2.05, 4.69) is 39.4 Å². The van der Waals surface area contributed by atoms with Crippen LogP contribution in [0.3, 0.4) is 0 Å². The van der Waals surface area contributed by atoms with Crippen molar-refractivity contribution in [2.45, 2.75) is 0 Å². The number of aromatic nitrogens is 1. The average molecular weight is 507 g/mol. The second-order valence-electron chi connectivity index (χ2n) is 8.27. The summed E-state index contributed by atoms with van der Waals surface area (Å²) in [5.41, 5.74) is 2.53. The summed E-state index contributed by atoms with van der Waals surface area (Å²) in [6, 6.07) is 25.2. The number of hydrogen-bond acceptors (Lipinski definition) is 5. The fourth-order valence-corrected chi connectivity index (χ4v) is 4.45. The van der Waals surface area contributed by atoms with E-state index in [1.165, 1.54) is 5.69 Å². The van der Waals surface area contributed by atoms with E-state index in [0.29, 0.717) is 21.5 Å². The number of anilines is 3. The number of carbonyl (C=O) groups excluding carboxylic acids is 1. The minimum Gasteiger partial charge on any atom is -0.481 e. The molecule has 5 rings (SSSR count). The monoisotopic (exact) mass is 506 g/mol. The molecule has 4 aromatic rings. The minimum absolute atomic E-state index is 0.152. The van der Waals surface area contributed by atoms with Gasteiger partial charge in [-0.3, -0.25) is 4.79 Å². The first-order chi connectivity index (χ1) is 17.1. The number of hydrogen-bond donors (Lipinski definition) is 1. The van der Waals surface area contributed by atoms with E-state index in [1.54, 1.807) is 18.2 Å². The molecule has 3 aromatic carbocycles. The molecule has 178 valence electrons. The third kappa shape index (κ3) is 5.45. The Morgan fingerprint density at radius 2 is 1.63 bits per heavy atom. The van der Waals surface area contributed by atoms with Gasteiger partial charge in [0.15, 0.2) is 6.61 Å². The lowest BCUT2D eigenvalue weighted by Crippen LogP contribution is -2.46. The van der Waals surface area contributed by atoms with Crippen LogP contribution < -0.4 is 19.9 Å². The minimum atomic E-state index is -0.298. The molecule has 0 aliphatic carbocycles. The number of benzene rings is 3. The van der Waals surface area contributed by atoms with Crippen molar-refractivity contribution < 1.29 is 9.53 Å². The Bertz CT molecular complexity index is 1340. The smallest absolute Gasteiger partial charge is 0.262 e. The zero-order valence-electron chi connectivity index (χ0n) is 19.0. The molecule has 1 aliphatic heterocycles. The van der Waals surface area contributed by atoms with E-state index in [0.717, 1.165) is 42.9 Å². The van der Waals surface area contributed by atoms with Crippen molar-refractivity contribution in [1.29, 1.82) is 0 Å². The third-order valence-electron chi connectivity index (χ3n) is 5.96. The number of carbonyl (C=O) groups is 1. The Morgan fingerprint density at radius 3 is 2.40 bits per heavy atom. The van der Waals surface area contributed by atoms with Crippen molar-refractivity contribution in [1.82, 2.24) is 4.98 Å². The van der Waals surface area contributed by atoms with Crippen LogP contribution in [0.25, 0.3) is 10.9 Å². The lowest BCUT2D eigenvalue weighted by Gasteiger charge is -2.36. The van der Waals surface area contributed by atoms with E-state index in [-0.39, 0.29) is 12.5 Å². The molecule has 0 radical (unpaired) electrons. The summed E-state index contributed by atoms with van der Waals surface area (Å²) in [5, 5.41) is 4.53. The second kappa shape index (κ2) is 10.4. The SMILES string of the molecule is O=C(COc1cccc2ccc(N3CCN(c4ccccc4)CC3)nc12)Nc1ccc(Cl)c(Cl)c1. The second-order valence-corrected chi connectivity index (χ2v) is 9.09. The van der Waals surface area contributed by atoms with Crippen molar-refractivity contribution in [3.63, 3.8) is 0 Å². The molecular formula is C27H24Cl2N4O2. The molecule has 0 unspecified atom stereocenters. The highest BCUT2D eigenvalue weighted by molar-refractivity contribution is 6.42. The summed E-state index contributed by atoms with van der Waals surface area (Å²) < 4.78 is 5.86. The maximum Gasteiger partial charge on any atom is 0.262 e. The molecule has 1 amide bonds. The standard InChI is InChI=1S/C27H24Cl2N4O2/c28-22-11-10-20(17-23(22)29)30-26(34)18-35-24-8-4-5-19-9-12-25(31-27(19)24)33-15-13-32(14-16-33)21-6-2-1-3-7-21/h1-12,17H,13-16,18H2,(H,30,34). The molecule has 8 heteroatoms. The third-order valence-corrected chi connectivity index (χ3v) is 6.69. The normalized spacial score (nSPS) is 13.7. The number of halogens is 2. The number of nitrogens with zero attached hydrogens (tertiary/aromatic N) is 3. The fraction of sp³-hybridized carbons (Fsp3) is 0.185. The summed E-state index contributed by atoms with van der Waals surface area (Å²) in [6.07, 6.45) is 0. The van der Waals surface area contributed by atoms with Crippen molar-refractivity contribution in [3.8, 4) is 5.75 Å². The predicted octanol–water partition coefficient (Wildman–Crippen LogP) is 5.89. The molecule has 6 nitrogen and oxygen atoms in total. The fourth-order valence-electron chi connectivity index (χ4n) is 4.15. The average Bonchev–Trinajstić information content (AvgIpc) is 2.90. The molecule has 1 fully saturated rings.